The van der Waals surface area contributed by atoms with Gasteiger partial charge in [-0.1, -0.05) is 158 Å². The zero-order chi connectivity index (χ0) is 42.2. The van der Waals surface area contributed by atoms with Gasteiger partial charge in [-0.05, 0) is 129 Å². The highest BCUT2D eigenvalue weighted by molar-refractivity contribution is 6.06. The highest BCUT2D eigenvalue weighted by Crippen LogP contribution is 2.65. The molecule has 10 aromatic carbocycles. The van der Waals surface area contributed by atoms with Gasteiger partial charge in [-0.3, -0.25) is 0 Å². The lowest BCUT2D eigenvalue weighted by atomic mass is 9.64. The van der Waals surface area contributed by atoms with Crippen molar-refractivity contribution in [3.05, 3.63) is 265 Å². The Kier molecular flexibility index (Phi) is 8.13. The van der Waals surface area contributed by atoms with Crippen molar-refractivity contribution in [1.29, 1.82) is 0 Å². The lowest BCUT2D eigenvalue weighted by Gasteiger charge is -2.44. The quantitative estimate of drug-likeness (QED) is 0.160. The van der Waals surface area contributed by atoms with Crippen LogP contribution in [0.1, 0.15) is 22.3 Å². The molecule has 0 amide bonds. The average Bonchev–Trinajstić information content (AvgIpc) is 3.89. The van der Waals surface area contributed by atoms with E-state index >= 15 is 0 Å². The maximum Gasteiger partial charge on any atom is 0.137 e. The first-order chi connectivity index (χ1) is 31.8. The summed E-state index contributed by atoms with van der Waals surface area (Å²) in [5.74, 6) is 0. The minimum Gasteiger partial charge on any atom is -0.456 e. The molecule has 2 aliphatic rings. The lowest BCUT2D eigenvalue weighted by Crippen LogP contribution is -2.35. The first-order valence-electron chi connectivity index (χ1n) is 22.0. The van der Waals surface area contributed by atoms with Crippen molar-refractivity contribution in [2.45, 2.75) is 5.41 Å². The molecule has 1 unspecified atom stereocenters. The molecule has 3 heteroatoms. The highest BCUT2D eigenvalue weighted by Gasteiger charge is 2.52. The molecule has 11 aromatic rings. The first kappa shape index (κ1) is 36.3. The number of fused-ring (bicyclic) bond motifs is 8. The van der Waals surface area contributed by atoms with E-state index in [-0.39, 0.29) is 0 Å². The summed E-state index contributed by atoms with van der Waals surface area (Å²) in [6, 6.07) is 88.3. The lowest BCUT2D eigenvalue weighted by molar-refractivity contribution is 0.669. The Morgan fingerprint density at radius 1 is 0.359 bits per heavy atom. The molecule has 0 saturated carbocycles. The fourth-order valence-corrected chi connectivity index (χ4v) is 10.8. The Balaban J connectivity index is 1.03. The maximum absolute atomic E-state index is 6.40. The number of hydrogen-bond acceptors (Lipinski definition) is 3. The van der Waals surface area contributed by atoms with Crippen LogP contribution in [0, 0.1) is 0 Å². The van der Waals surface area contributed by atoms with Crippen molar-refractivity contribution in [1.82, 2.24) is 0 Å². The molecule has 3 nitrogen and oxygen atoms in total. The third-order valence-electron chi connectivity index (χ3n) is 13.4. The van der Waals surface area contributed by atoms with Crippen LogP contribution in [0.4, 0.5) is 34.1 Å². The number of hydrogen-bond donors (Lipinski definition) is 0. The number of rotatable bonds is 7. The molecular weight excluding hydrogens is 777 g/mol. The van der Waals surface area contributed by atoms with Crippen molar-refractivity contribution in [2.75, 3.05) is 9.80 Å². The molecule has 1 aliphatic carbocycles. The third kappa shape index (κ3) is 5.34. The fraction of sp³-hybridized carbons (Fsp3) is 0.0164. The van der Waals surface area contributed by atoms with Gasteiger partial charge < -0.3 is 14.2 Å². The van der Waals surface area contributed by atoms with Crippen LogP contribution in [-0.4, -0.2) is 0 Å². The van der Waals surface area contributed by atoms with Crippen molar-refractivity contribution in [3.63, 3.8) is 0 Å². The van der Waals surface area contributed by atoms with Gasteiger partial charge >= 0.3 is 0 Å². The van der Waals surface area contributed by atoms with Crippen LogP contribution < -0.4 is 9.80 Å². The third-order valence-corrected chi connectivity index (χ3v) is 13.4. The van der Waals surface area contributed by atoms with Crippen LogP contribution in [0.2, 0.25) is 0 Å². The standard InChI is InChI=1S/C61H40N2O/c1-5-18-41(19-6-1)51-39-53-50-27-17-30-57-60(50)61(43-20-7-2-8-21-43,54-28-14-15-29-56(54)63(57)45-24-11-4-12-25-45)55(53)40-52(51)42-32-34-46(35-33-42)62(44-22-9-3-10-23-44)47-36-37-49-48-26-13-16-31-58(48)64-59(49)38-47/h1-40H. The molecule has 1 aromatic heterocycles. The molecule has 0 N–H and O–H groups in total. The van der Waals surface area contributed by atoms with Crippen LogP contribution in [0.3, 0.4) is 0 Å². The van der Waals surface area contributed by atoms with Gasteiger partial charge in [0.2, 0.25) is 0 Å². The van der Waals surface area contributed by atoms with E-state index in [1.54, 1.807) is 0 Å². The van der Waals surface area contributed by atoms with E-state index in [1.165, 1.54) is 61.4 Å². The molecular formula is C61H40N2O. The second kappa shape index (κ2) is 14.3. The Hall–Kier alpha value is -8.40. The minimum absolute atomic E-state index is 0.562. The van der Waals surface area contributed by atoms with Gasteiger partial charge in [0.1, 0.15) is 11.2 Å². The molecule has 13 rings (SSSR count). The monoisotopic (exact) mass is 816 g/mol. The normalized spacial score (nSPS) is 14.6. The molecule has 300 valence electrons. The van der Waals surface area contributed by atoms with Gasteiger partial charge in [0.05, 0.1) is 16.8 Å². The number of anilines is 6. The van der Waals surface area contributed by atoms with Gasteiger partial charge in [0, 0.05) is 45.2 Å². The van der Waals surface area contributed by atoms with Crippen molar-refractivity contribution in [3.8, 4) is 33.4 Å². The van der Waals surface area contributed by atoms with E-state index in [0.717, 1.165) is 50.3 Å². The Bertz CT molecular complexity index is 3540. The van der Waals surface area contributed by atoms with Gasteiger partial charge in [0.15, 0.2) is 0 Å². The van der Waals surface area contributed by atoms with Crippen molar-refractivity contribution >= 4 is 56.1 Å². The van der Waals surface area contributed by atoms with Gasteiger partial charge in [0.25, 0.3) is 0 Å². The van der Waals surface area contributed by atoms with Crippen LogP contribution in [0.5, 0.6) is 0 Å². The van der Waals surface area contributed by atoms with Crippen molar-refractivity contribution < 1.29 is 4.42 Å². The maximum atomic E-state index is 6.40. The topological polar surface area (TPSA) is 19.6 Å². The van der Waals surface area contributed by atoms with Gasteiger partial charge in [-0.15, -0.1) is 0 Å². The number of benzene rings is 10. The molecule has 64 heavy (non-hydrogen) atoms. The number of para-hydroxylation sites is 4. The van der Waals surface area contributed by atoms with Gasteiger partial charge in [-0.25, -0.2) is 0 Å². The summed E-state index contributed by atoms with van der Waals surface area (Å²) >= 11 is 0. The van der Waals surface area contributed by atoms with E-state index in [2.05, 4.69) is 240 Å². The fourth-order valence-electron chi connectivity index (χ4n) is 10.8. The summed E-state index contributed by atoms with van der Waals surface area (Å²) in [7, 11) is 0. The molecule has 0 saturated heterocycles. The first-order valence-corrected chi connectivity index (χ1v) is 22.0. The molecule has 1 aliphatic heterocycles. The van der Waals surface area contributed by atoms with Gasteiger partial charge in [-0.2, -0.15) is 0 Å². The second-order valence-corrected chi connectivity index (χ2v) is 16.8. The predicted molar refractivity (Wildman–Crippen MR) is 265 cm³/mol. The van der Waals surface area contributed by atoms with Crippen molar-refractivity contribution in [2.24, 2.45) is 0 Å². The summed E-state index contributed by atoms with van der Waals surface area (Å²) in [6.07, 6.45) is 0. The zero-order valence-corrected chi connectivity index (χ0v) is 34.9. The summed E-state index contributed by atoms with van der Waals surface area (Å²) < 4.78 is 6.40. The van der Waals surface area contributed by atoms with Crippen LogP contribution in [-0.2, 0) is 5.41 Å². The van der Waals surface area contributed by atoms with E-state index in [1.807, 2.05) is 12.1 Å². The Labute approximate surface area is 372 Å². The predicted octanol–water partition coefficient (Wildman–Crippen LogP) is 16.5. The van der Waals surface area contributed by atoms with Crippen LogP contribution in [0.25, 0.3) is 55.3 Å². The number of furan rings is 1. The molecule has 0 spiro atoms. The van der Waals surface area contributed by atoms with E-state index in [0.29, 0.717) is 0 Å². The van der Waals surface area contributed by atoms with E-state index in [4.69, 9.17) is 4.42 Å². The second-order valence-electron chi connectivity index (χ2n) is 16.8. The number of nitrogens with zero attached hydrogens (tertiary/aromatic N) is 2. The zero-order valence-electron chi connectivity index (χ0n) is 34.9. The van der Waals surface area contributed by atoms with E-state index < -0.39 is 5.41 Å². The molecule has 0 fully saturated rings. The van der Waals surface area contributed by atoms with E-state index in [9.17, 15) is 0 Å². The molecule has 1 atom stereocenters. The molecule has 2 heterocycles. The average molecular weight is 817 g/mol. The highest BCUT2D eigenvalue weighted by atomic mass is 16.3. The molecule has 0 bridgehead atoms. The summed E-state index contributed by atoms with van der Waals surface area (Å²) in [5.41, 5.74) is 20.3. The Morgan fingerprint density at radius 2 is 0.953 bits per heavy atom. The Morgan fingerprint density at radius 3 is 1.75 bits per heavy atom. The summed E-state index contributed by atoms with van der Waals surface area (Å²) in [6.45, 7) is 0. The summed E-state index contributed by atoms with van der Waals surface area (Å²) in [5, 5.41) is 2.24. The largest absolute Gasteiger partial charge is 0.456 e. The smallest absolute Gasteiger partial charge is 0.137 e. The minimum atomic E-state index is -0.562. The summed E-state index contributed by atoms with van der Waals surface area (Å²) in [4.78, 5) is 4.78. The van der Waals surface area contributed by atoms with Crippen LogP contribution >= 0.6 is 0 Å². The SMILES string of the molecule is c1ccc(-c2cc3c(cc2-c2ccc(N(c4ccccc4)c4ccc5c(c4)oc4ccccc45)cc2)C2(c4ccccc4)c4ccccc4N(c4ccccc4)c4cccc-3c42)cc1. The molecule has 0 radical (unpaired) electrons. The van der Waals surface area contributed by atoms with Crippen LogP contribution in [0.15, 0.2) is 247 Å².